The molecular weight excluding hydrogens is 432 g/mol. The molecule has 0 saturated carbocycles. The second-order valence-corrected chi connectivity index (χ2v) is 8.56. The van der Waals surface area contributed by atoms with Crippen molar-refractivity contribution in [3.05, 3.63) is 49.5 Å². The number of nitrogens with zero attached hydrogens (tertiary/aromatic N) is 3. The number of benzene rings is 1. The molecular formula is C19H21ClN4O5S. The number of thiazole rings is 1. The molecule has 2 heterocycles. The van der Waals surface area contributed by atoms with Gasteiger partial charge in [-0.05, 0) is 38.8 Å². The second kappa shape index (κ2) is 9.50. The largest absolute Gasteiger partial charge is 0.376 e. The molecule has 1 unspecified atom stereocenters. The van der Waals surface area contributed by atoms with Crippen LogP contribution in [0.2, 0.25) is 5.02 Å². The van der Waals surface area contributed by atoms with Crippen molar-refractivity contribution in [2.24, 2.45) is 0 Å². The van der Waals surface area contributed by atoms with Crippen molar-refractivity contribution < 1.29 is 19.2 Å². The molecule has 2 aromatic rings. The fourth-order valence-electron chi connectivity index (χ4n) is 3.08. The maximum Gasteiger partial charge on any atom is 0.288 e. The summed E-state index contributed by atoms with van der Waals surface area (Å²) < 4.78 is 5.60. The molecule has 0 spiro atoms. The zero-order valence-corrected chi connectivity index (χ0v) is 18.1. The zero-order valence-electron chi connectivity index (χ0n) is 16.5. The second-order valence-electron chi connectivity index (χ2n) is 6.95. The van der Waals surface area contributed by atoms with Gasteiger partial charge in [0.15, 0.2) is 5.13 Å². The van der Waals surface area contributed by atoms with Crippen LogP contribution in [0.25, 0.3) is 0 Å². The summed E-state index contributed by atoms with van der Waals surface area (Å²) in [6.45, 7) is 4.33. The van der Waals surface area contributed by atoms with Crippen LogP contribution in [-0.4, -0.2) is 52.4 Å². The Kier molecular flexibility index (Phi) is 7.01. The predicted octanol–water partition coefficient (Wildman–Crippen LogP) is 3.58. The van der Waals surface area contributed by atoms with E-state index in [9.17, 15) is 19.7 Å². The third-order valence-electron chi connectivity index (χ3n) is 4.73. The minimum absolute atomic E-state index is 0.0607. The van der Waals surface area contributed by atoms with Gasteiger partial charge in [0.2, 0.25) is 5.91 Å². The number of aromatic nitrogens is 1. The molecule has 9 nitrogen and oxygen atoms in total. The van der Waals surface area contributed by atoms with Crippen molar-refractivity contribution in [2.45, 2.75) is 32.8 Å². The highest BCUT2D eigenvalue weighted by molar-refractivity contribution is 7.15. The fraction of sp³-hybridized carbons (Fsp3) is 0.421. The van der Waals surface area contributed by atoms with Crippen LogP contribution in [0, 0.1) is 24.0 Å². The number of hydrogen-bond donors (Lipinski definition) is 1. The average molecular weight is 453 g/mol. The van der Waals surface area contributed by atoms with Crippen LogP contribution in [0.4, 0.5) is 10.8 Å². The first-order valence-corrected chi connectivity index (χ1v) is 10.5. The number of rotatable bonds is 7. The summed E-state index contributed by atoms with van der Waals surface area (Å²) in [6.07, 6.45) is 1.47. The smallest absolute Gasteiger partial charge is 0.288 e. The molecule has 0 aliphatic carbocycles. The van der Waals surface area contributed by atoms with Crippen LogP contribution in [-0.2, 0) is 9.53 Å². The van der Waals surface area contributed by atoms with E-state index in [2.05, 4.69) is 10.3 Å². The van der Waals surface area contributed by atoms with Crippen molar-refractivity contribution in [2.75, 3.05) is 25.0 Å². The first kappa shape index (κ1) is 22.1. The molecule has 1 fully saturated rings. The van der Waals surface area contributed by atoms with E-state index in [1.165, 1.54) is 28.4 Å². The number of amides is 2. The Morgan fingerprint density at radius 2 is 2.20 bits per heavy atom. The van der Waals surface area contributed by atoms with Crippen LogP contribution < -0.4 is 5.32 Å². The highest BCUT2D eigenvalue weighted by atomic mass is 35.5. The number of nitrogens with one attached hydrogen (secondary N) is 1. The van der Waals surface area contributed by atoms with Crippen molar-refractivity contribution in [3.8, 4) is 0 Å². The fourth-order valence-corrected chi connectivity index (χ4v) is 4.10. The van der Waals surface area contributed by atoms with Crippen molar-refractivity contribution in [1.29, 1.82) is 0 Å². The Morgan fingerprint density at radius 3 is 2.80 bits per heavy atom. The van der Waals surface area contributed by atoms with Gasteiger partial charge in [-0.25, -0.2) is 4.98 Å². The van der Waals surface area contributed by atoms with Crippen LogP contribution in [0.3, 0.4) is 0 Å². The Morgan fingerprint density at radius 1 is 1.43 bits per heavy atom. The Labute approximate surface area is 182 Å². The number of carbonyl (C=O) groups excluding carboxylic acids is 2. The van der Waals surface area contributed by atoms with Gasteiger partial charge >= 0.3 is 0 Å². The van der Waals surface area contributed by atoms with E-state index in [0.29, 0.717) is 11.7 Å². The van der Waals surface area contributed by atoms with Crippen molar-refractivity contribution >= 4 is 45.6 Å². The van der Waals surface area contributed by atoms with Gasteiger partial charge in [-0.15, -0.1) is 11.3 Å². The minimum atomic E-state index is -0.649. The maximum atomic E-state index is 13.1. The molecule has 1 aliphatic heterocycles. The summed E-state index contributed by atoms with van der Waals surface area (Å²) in [6, 6.07) is 3.84. The first-order valence-electron chi connectivity index (χ1n) is 9.33. The summed E-state index contributed by atoms with van der Waals surface area (Å²) in [7, 11) is 0. The van der Waals surface area contributed by atoms with Crippen LogP contribution in [0.1, 0.15) is 33.8 Å². The molecule has 160 valence electrons. The van der Waals surface area contributed by atoms with E-state index >= 15 is 0 Å². The monoisotopic (exact) mass is 452 g/mol. The van der Waals surface area contributed by atoms with Gasteiger partial charge in [-0.3, -0.25) is 19.7 Å². The van der Waals surface area contributed by atoms with Gasteiger partial charge in [0.1, 0.15) is 11.6 Å². The molecule has 0 radical (unpaired) electrons. The van der Waals surface area contributed by atoms with E-state index < -0.39 is 16.7 Å². The lowest BCUT2D eigenvalue weighted by Crippen LogP contribution is -2.42. The summed E-state index contributed by atoms with van der Waals surface area (Å²) in [5, 5.41) is 14.3. The molecule has 30 heavy (non-hydrogen) atoms. The number of hydrogen-bond acceptors (Lipinski definition) is 7. The number of anilines is 1. The lowest BCUT2D eigenvalue weighted by atomic mass is 10.1. The molecule has 2 amide bonds. The number of nitro benzene ring substituents is 1. The SMILES string of the molecule is Cc1nc(NC(=O)CN(CC2CCCO2)C(=O)c2ccc(Cl)c([N+](=O)[O-])c2)sc1C. The Bertz CT molecular complexity index is 954. The predicted molar refractivity (Wildman–Crippen MR) is 113 cm³/mol. The summed E-state index contributed by atoms with van der Waals surface area (Å²) >= 11 is 7.20. The molecule has 1 N–H and O–H groups in total. The molecule has 1 atom stereocenters. The molecule has 3 rings (SSSR count). The Hall–Kier alpha value is -2.56. The van der Waals surface area contributed by atoms with E-state index in [4.69, 9.17) is 16.3 Å². The van der Waals surface area contributed by atoms with Crippen LogP contribution >= 0.6 is 22.9 Å². The van der Waals surface area contributed by atoms with E-state index in [1.54, 1.807) is 0 Å². The van der Waals surface area contributed by atoms with Crippen molar-refractivity contribution in [3.63, 3.8) is 0 Å². The first-order chi connectivity index (χ1) is 14.2. The number of aryl methyl sites for hydroxylation is 2. The lowest BCUT2D eigenvalue weighted by molar-refractivity contribution is -0.384. The highest BCUT2D eigenvalue weighted by Crippen LogP contribution is 2.26. The topological polar surface area (TPSA) is 115 Å². The summed E-state index contributed by atoms with van der Waals surface area (Å²) in [5.74, 6) is -0.912. The van der Waals surface area contributed by atoms with Gasteiger partial charge in [-0.1, -0.05) is 11.6 Å². The molecule has 1 aromatic heterocycles. The highest BCUT2D eigenvalue weighted by Gasteiger charge is 2.27. The zero-order chi connectivity index (χ0) is 21.8. The number of ether oxygens (including phenoxy) is 1. The van der Waals surface area contributed by atoms with E-state index in [0.717, 1.165) is 29.5 Å². The Balaban J connectivity index is 1.79. The van der Waals surface area contributed by atoms with Crippen LogP contribution in [0.5, 0.6) is 0 Å². The average Bonchev–Trinajstić information content (AvgIpc) is 3.30. The van der Waals surface area contributed by atoms with Gasteiger partial charge < -0.3 is 15.0 Å². The number of halogens is 1. The van der Waals surface area contributed by atoms with Gasteiger partial charge in [0.25, 0.3) is 11.6 Å². The van der Waals surface area contributed by atoms with Gasteiger partial charge in [0.05, 0.1) is 16.7 Å². The van der Waals surface area contributed by atoms with Gasteiger partial charge in [0, 0.05) is 29.7 Å². The molecule has 1 aliphatic rings. The molecule has 0 bridgehead atoms. The molecule has 1 saturated heterocycles. The normalized spacial score (nSPS) is 15.8. The van der Waals surface area contributed by atoms with Crippen LogP contribution in [0.15, 0.2) is 18.2 Å². The number of nitro groups is 1. The standard InChI is InChI=1S/C19H21ClN4O5S/c1-11-12(2)30-19(21-11)22-17(25)10-23(9-14-4-3-7-29-14)18(26)13-5-6-15(20)16(8-13)24(27)28/h5-6,8,14H,3-4,7,9-10H2,1-2H3,(H,21,22,25). The molecule has 11 heteroatoms. The third kappa shape index (κ3) is 5.32. The van der Waals surface area contributed by atoms with E-state index in [-0.39, 0.29) is 35.5 Å². The maximum absolute atomic E-state index is 13.1. The lowest BCUT2D eigenvalue weighted by Gasteiger charge is -2.25. The van der Waals surface area contributed by atoms with Crippen molar-refractivity contribution in [1.82, 2.24) is 9.88 Å². The minimum Gasteiger partial charge on any atom is -0.376 e. The summed E-state index contributed by atoms with van der Waals surface area (Å²) in [4.78, 5) is 42.8. The molecule has 1 aromatic carbocycles. The number of carbonyl (C=O) groups is 2. The quantitative estimate of drug-likeness (QED) is 0.507. The third-order valence-corrected chi connectivity index (χ3v) is 6.04. The van der Waals surface area contributed by atoms with E-state index in [1.807, 2.05) is 13.8 Å². The summed E-state index contributed by atoms with van der Waals surface area (Å²) in [5.41, 5.74) is 0.548. The van der Waals surface area contributed by atoms with Gasteiger partial charge in [-0.2, -0.15) is 0 Å².